The number of hydrogen-bond donors (Lipinski definition) is 1. The number of rotatable bonds is 8. The maximum atomic E-state index is 13.7. The van der Waals surface area contributed by atoms with E-state index in [9.17, 15) is 9.59 Å². The quantitative estimate of drug-likeness (QED) is 0.412. The minimum Gasteiger partial charge on any atom is -0.444 e. The normalized spacial score (nSPS) is 26.4. The fraction of sp³-hybridized carbons (Fsp3) is 0.645. The highest BCUT2D eigenvalue weighted by atomic mass is 16.6. The minimum absolute atomic E-state index is 0.0360. The van der Waals surface area contributed by atoms with Crippen molar-refractivity contribution in [3.63, 3.8) is 0 Å². The molecule has 0 bridgehead atoms. The maximum Gasteiger partial charge on any atom is 0.410 e. The number of benzene rings is 1. The van der Waals surface area contributed by atoms with Crippen LogP contribution in [0.4, 0.5) is 4.79 Å². The molecule has 2 fully saturated rings. The number of nitrogens with zero attached hydrogens (tertiary/aromatic N) is 2. The summed E-state index contributed by atoms with van der Waals surface area (Å²) < 4.78 is 8.30. The number of amides is 2. The Bertz CT molecular complexity index is 1120. The van der Waals surface area contributed by atoms with Crippen LogP contribution in [0.5, 0.6) is 0 Å². The van der Waals surface area contributed by atoms with Crippen LogP contribution in [-0.4, -0.2) is 46.2 Å². The zero-order chi connectivity index (χ0) is 27.0. The lowest BCUT2D eigenvalue weighted by Gasteiger charge is -2.44. The van der Waals surface area contributed by atoms with Crippen LogP contribution in [0.25, 0.3) is 10.9 Å². The van der Waals surface area contributed by atoms with Crippen molar-refractivity contribution in [2.75, 3.05) is 13.6 Å². The number of para-hydroxylation sites is 1. The van der Waals surface area contributed by atoms with Crippen molar-refractivity contribution in [1.82, 2.24) is 14.8 Å². The van der Waals surface area contributed by atoms with Gasteiger partial charge in [-0.3, -0.25) is 4.79 Å². The molecule has 2 amide bonds. The Balaban J connectivity index is 1.68. The van der Waals surface area contributed by atoms with Crippen molar-refractivity contribution in [1.29, 1.82) is 0 Å². The molecule has 1 aromatic carbocycles. The van der Waals surface area contributed by atoms with Gasteiger partial charge >= 0.3 is 6.09 Å². The molecule has 4 rings (SSSR count). The summed E-state index contributed by atoms with van der Waals surface area (Å²) in [5.74, 6) is 1.76. The predicted octanol–water partition coefficient (Wildman–Crippen LogP) is 6.54. The first-order chi connectivity index (χ1) is 17.6. The number of aromatic nitrogens is 1. The summed E-state index contributed by atoms with van der Waals surface area (Å²) in [6.45, 7) is 13.8. The highest BCUT2D eigenvalue weighted by Crippen LogP contribution is 2.64. The van der Waals surface area contributed by atoms with E-state index in [1.807, 2.05) is 20.8 Å². The largest absolute Gasteiger partial charge is 0.444 e. The molecule has 204 valence electrons. The fourth-order valence-corrected chi connectivity index (χ4v) is 6.72. The van der Waals surface area contributed by atoms with Crippen molar-refractivity contribution in [3.8, 4) is 0 Å². The second-order valence-electron chi connectivity index (χ2n) is 12.2. The highest BCUT2D eigenvalue weighted by Gasteiger charge is 2.64. The Morgan fingerprint density at radius 3 is 2.65 bits per heavy atom. The van der Waals surface area contributed by atoms with Crippen molar-refractivity contribution >= 4 is 22.9 Å². The van der Waals surface area contributed by atoms with Gasteiger partial charge in [-0.25, -0.2) is 4.79 Å². The molecule has 2 aliphatic rings. The van der Waals surface area contributed by atoms with Crippen LogP contribution in [0, 0.1) is 24.2 Å². The number of hydrogen-bond acceptors (Lipinski definition) is 3. The van der Waals surface area contributed by atoms with Crippen LogP contribution in [0.2, 0.25) is 0 Å². The Morgan fingerprint density at radius 2 is 2.00 bits per heavy atom. The number of likely N-dealkylation sites (tertiary alicyclic amines) is 1. The van der Waals surface area contributed by atoms with Gasteiger partial charge in [0.15, 0.2) is 0 Å². The van der Waals surface area contributed by atoms with Crippen molar-refractivity contribution in [3.05, 3.63) is 42.4 Å². The van der Waals surface area contributed by atoms with Gasteiger partial charge in [-0.2, -0.15) is 6.92 Å². The number of nitrogens with one attached hydrogen (secondary N) is 1. The fourth-order valence-electron chi connectivity index (χ4n) is 6.72. The van der Waals surface area contributed by atoms with Gasteiger partial charge in [0.05, 0.1) is 0 Å². The van der Waals surface area contributed by atoms with Gasteiger partial charge in [-0.15, -0.1) is 5.92 Å². The lowest BCUT2D eigenvalue weighted by atomic mass is 9.85. The Morgan fingerprint density at radius 1 is 1.27 bits per heavy atom. The minimum atomic E-state index is -0.542. The molecule has 1 saturated carbocycles. The van der Waals surface area contributed by atoms with E-state index in [1.165, 1.54) is 11.1 Å². The average molecular weight is 509 g/mol. The molecule has 1 aliphatic carbocycles. The molecule has 6 heteroatoms. The van der Waals surface area contributed by atoms with E-state index in [0.29, 0.717) is 37.3 Å². The van der Waals surface area contributed by atoms with Gasteiger partial charge in [0.1, 0.15) is 5.60 Å². The molecule has 0 radical (unpaired) electrons. The molecule has 2 aromatic rings. The van der Waals surface area contributed by atoms with Crippen LogP contribution in [-0.2, 0) is 16.1 Å². The van der Waals surface area contributed by atoms with Gasteiger partial charge in [0.25, 0.3) is 0 Å². The summed E-state index contributed by atoms with van der Waals surface area (Å²) in [5.41, 5.74) is 1.67. The monoisotopic (exact) mass is 508 g/mol. The first-order valence-corrected chi connectivity index (χ1v) is 14.1. The van der Waals surface area contributed by atoms with Gasteiger partial charge < -0.3 is 25.9 Å². The molecule has 1 aliphatic heterocycles. The van der Waals surface area contributed by atoms with E-state index in [2.05, 4.69) is 72.3 Å². The second-order valence-corrected chi connectivity index (χ2v) is 12.2. The van der Waals surface area contributed by atoms with Crippen LogP contribution in [0.3, 0.4) is 0 Å². The van der Waals surface area contributed by atoms with Gasteiger partial charge in [-0.05, 0) is 69.4 Å². The summed E-state index contributed by atoms with van der Waals surface area (Å²) in [6.07, 6.45) is 6.86. The van der Waals surface area contributed by atoms with E-state index in [-0.39, 0.29) is 23.5 Å². The predicted molar refractivity (Wildman–Crippen MR) is 149 cm³/mol. The zero-order valence-electron chi connectivity index (χ0n) is 23.8. The van der Waals surface area contributed by atoms with E-state index < -0.39 is 5.60 Å². The summed E-state index contributed by atoms with van der Waals surface area (Å²) in [7, 11) is 1.68. The molecule has 1 saturated heterocycles. The van der Waals surface area contributed by atoms with Crippen LogP contribution in [0.15, 0.2) is 30.3 Å². The number of aryl methyl sites for hydroxylation is 1. The molecular formula is C31H46N3O3-. The van der Waals surface area contributed by atoms with E-state index in [4.69, 9.17) is 4.74 Å². The van der Waals surface area contributed by atoms with Crippen molar-refractivity contribution < 1.29 is 14.3 Å². The molecular weight excluding hydrogens is 462 g/mol. The third-order valence-corrected chi connectivity index (χ3v) is 8.77. The van der Waals surface area contributed by atoms with Gasteiger partial charge in [-0.1, -0.05) is 38.5 Å². The topological polar surface area (TPSA) is 63.6 Å². The Kier molecular flexibility index (Phi) is 7.96. The third kappa shape index (κ3) is 5.39. The van der Waals surface area contributed by atoms with Crippen molar-refractivity contribution in [2.24, 2.45) is 17.8 Å². The van der Waals surface area contributed by atoms with Crippen LogP contribution < -0.4 is 5.32 Å². The van der Waals surface area contributed by atoms with Crippen LogP contribution in [0.1, 0.15) is 85.3 Å². The standard InChI is InChI=1S/C31H46N3O3/c1-8-21(3)18-25-24(9-2)31(25)16-14-23(20-34(31)29(36)37-30(4,5)6)27-19-22-12-10-11-13-26(22)33(27)17-15-28(35)32-7/h9-13,19,21,23-25H,8,14-18,20H2,1-7H3,(H,32,35)/q-1. The maximum absolute atomic E-state index is 13.7. The molecule has 1 aromatic heterocycles. The van der Waals surface area contributed by atoms with Crippen LogP contribution >= 0.6 is 0 Å². The molecule has 5 atom stereocenters. The molecule has 1 N–H and O–H groups in total. The lowest BCUT2D eigenvalue weighted by Crippen LogP contribution is -2.52. The van der Waals surface area contributed by atoms with E-state index in [0.717, 1.165) is 31.2 Å². The third-order valence-electron chi connectivity index (χ3n) is 8.77. The van der Waals surface area contributed by atoms with Gasteiger partial charge in [0.2, 0.25) is 5.91 Å². The van der Waals surface area contributed by atoms with Gasteiger partial charge in [0, 0.05) is 49.2 Å². The van der Waals surface area contributed by atoms with Crippen molar-refractivity contribution in [2.45, 2.75) is 97.2 Å². The smallest absolute Gasteiger partial charge is 0.410 e. The van der Waals surface area contributed by atoms with E-state index >= 15 is 0 Å². The number of ether oxygens (including phenoxy) is 1. The summed E-state index contributed by atoms with van der Waals surface area (Å²) in [6, 6.07) is 10.6. The highest BCUT2D eigenvalue weighted by molar-refractivity contribution is 5.82. The summed E-state index contributed by atoms with van der Waals surface area (Å²) in [5, 5.41) is 3.93. The first kappa shape index (κ1) is 27.5. The molecule has 1 spiro atoms. The Hall–Kier alpha value is -2.50. The summed E-state index contributed by atoms with van der Waals surface area (Å²) in [4.78, 5) is 28.0. The summed E-state index contributed by atoms with van der Waals surface area (Å²) >= 11 is 0. The molecule has 6 nitrogen and oxygen atoms in total. The SMILES string of the molecule is C[CH-]C1C(CC(C)CC)C12CCC(c1cc3ccccc3n1CCC(=O)NC)CN2C(=O)OC(C)(C)C. The molecule has 37 heavy (non-hydrogen) atoms. The second kappa shape index (κ2) is 10.7. The average Bonchev–Trinajstić information content (AvgIpc) is 3.27. The zero-order valence-corrected chi connectivity index (χ0v) is 23.8. The number of carbonyl (C=O) groups is 2. The molecule has 2 heterocycles. The Labute approximate surface area is 223 Å². The number of carbonyl (C=O) groups excluding carboxylic acids is 2. The number of piperidine rings is 1. The number of fused-ring (bicyclic) bond motifs is 1. The lowest BCUT2D eigenvalue weighted by molar-refractivity contribution is -0.120. The first-order valence-electron chi connectivity index (χ1n) is 14.1. The molecule has 5 unspecified atom stereocenters. The van der Waals surface area contributed by atoms with E-state index in [1.54, 1.807) is 7.05 Å².